The summed E-state index contributed by atoms with van der Waals surface area (Å²) >= 11 is 0. The van der Waals surface area contributed by atoms with Gasteiger partial charge in [-0.15, -0.1) is 0 Å². The fraction of sp³-hybridized carbons (Fsp3) is 0.500. The molecule has 1 aromatic heterocycles. The number of ketones is 1. The summed E-state index contributed by atoms with van der Waals surface area (Å²) < 4.78 is 0. The van der Waals surface area contributed by atoms with Crippen LogP contribution in [0.1, 0.15) is 49.3 Å². The van der Waals surface area contributed by atoms with Gasteiger partial charge in [0.25, 0.3) is 0 Å². The Hall–Kier alpha value is -1.51. The molecule has 0 amide bonds. The van der Waals surface area contributed by atoms with Crippen molar-refractivity contribution in [1.82, 2.24) is 4.98 Å². The van der Waals surface area contributed by atoms with E-state index in [2.05, 4.69) is 16.9 Å². The van der Waals surface area contributed by atoms with Crippen molar-refractivity contribution < 1.29 is 4.79 Å². The highest BCUT2D eigenvalue weighted by Gasteiger charge is 2.00. The topological polar surface area (TPSA) is 42.3 Å². The van der Waals surface area contributed by atoms with E-state index in [0.717, 1.165) is 18.7 Å². The van der Waals surface area contributed by atoms with E-state index in [1.807, 2.05) is 18.3 Å². The maximum Gasteiger partial charge on any atom is 0.178 e. The third kappa shape index (κ3) is 5.38. The number of unbranched alkanes of at least 4 members (excludes halogenated alkanes) is 2. The summed E-state index contributed by atoms with van der Waals surface area (Å²) in [6, 6.07) is 5.53. The normalized spacial score (nSPS) is 10.9. The van der Waals surface area contributed by atoms with Crippen LogP contribution in [0, 0.1) is 0 Å². The van der Waals surface area contributed by atoms with Crippen LogP contribution < -0.4 is 0 Å². The molecule has 0 bridgehead atoms. The Morgan fingerprint density at radius 2 is 2.24 bits per heavy atom. The third-order valence-corrected chi connectivity index (χ3v) is 2.49. The van der Waals surface area contributed by atoms with Gasteiger partial charge in [-0.05, 0) is 18.6 Å². The van der Waals surface area contributed by atoms with Gasteiger partial charge in [-0.2, -0.15) is 0 Å². The standard InChI is InChI=1S/C14H20N2O/c1-3-4-5-10-15-11-9-13-7-6-8-14(16-13)12(2)17/h6-8,11H,3-5,9-10H2,1-2H3. The Labute approximate surface area is 103 Å². The summed E-state index contributed by atoms with van der Waals surface area (Å²) in [5.41, 5.74) is 1.43. The summed E-state index contributed by atoms with van der Waals surface area (Å²) in [4.78, 5) is 19.7. The molecule has 3 heteroatoms. The SMILES string of the molecule is CCCCCN=CCc1cccc(C(C)=O)n1. The lowest BCUT2D eigenvalue weighted by Gasteiger charge is -1.98. The van der Waals surface area contributed by atoms with Gasteiger partial charge in [-0.1, -0.05) is 25.8 Å². The lowest BCUT2D eigenvalue weighted by molar-refractivity contribution is 0.101. The van der Waals surface area contributed by atoms with E-state index >= 15 is 0 Å². The molecule has 0 aliphatic heterocycles. The van der Waals surface area contributed by atoms with Crippen molar-refractivity contribution in [2.45, 2.75) is 39.5 Å². The van der Waals surface area contributed by atoms with E-state index < -0.39 is 0 Å². The van der Waals surface area contributed by atoms with E-state index in [0.29, 0.717) is 12.1 Å². The number of hydrogen-bond donors (Lipinski definition) is 0. The van der Waals surface area contributed by atoms with E-state index in [1.165, 1.54) is 19.8 Å². The van der Waals surface area contributed by atoms with Gasteiger partial charge in [-0.3, -0.25) is 9.79 Å². The van der Waals surface area contributed by atoms with Gasteiger partial charge in [-0.25, -0.2) is 4.98 Å². The molecular weight excluding hydrogens is 212 g/mol. The first-order valence-corrected chi connectivity index (χ1v) is 6.19. The number of rotatable bonds is 7. The summed E-state index contributed by atoms with van der Waals surface area (Å²) in [7, 11) is 0. The minimum atomic E-state index is 0.00624. The van der Waals surface area contributed by atoms with Gasteiger partial charge < -0.3 is 0 Å². The maximum atomic E-state index is 11.1. The number of carbonyl (C=O) groups is 1. The lowest BCUT2D eigenvalue weighted by atomic mass is 10.2. The fourth-order valence-corrected chi connectivity index (χ4v) is 1.49. The smallest absolute Gasteiger partial charge is 0.178 e. The van der Waals surface area contributed by atoms with Crippen molar-refractivity contribution in [2.24, 2.45) is 4.99 Å². The van der Waals surface area contributed by atoms with Crippen LogP contribution in [0.5, 0.6) is 0 Å². The zero-order chi connectivity index (χ0) is 12.5. The number of aliphatic imine (C=N–C) groups is 1. The molecule has 1 rings (SSSR count). The highest BCUT2D eigenvalue weighted by Crippen LogP contribution is 2.00. The van der Waals surface area contributed by atoms with Gasteiger partial charge in [0.1, 0.15) is 5.69 Å². The molecule has 3 nitrogen and oxygen atoms in total. The zero-order valence-corrected chi connectivity index (χ0v) is 10.6. The second kappa shape index (κ2) is 7.71. The average molecular weight is 232 g/mol. The van der Waals surface area contributed by atoms with Crippen molar-refractivity contribution in [3.05, 3.63) is 29.6 Å². The second-order valence-corrected chi connectivity index (χ2v) is 4.07. The first-order chi connectivity index (χ1) is 8.24. The summed E-state index contributed by atoms with van der Waals surface area (Å²) in [6.07, 6.45) is 6.19. The number of Topliss-reactive ketones (excluding diaryl/α,β-unsaturated/α-hetero) is 1. The molecule has 0 spiro atoms. The molecule has 0 aliphatic rings. The van der Waals surface area contributed by atoms with E-state index in [1.54, 1.807) is 6.07 Å². The minimum absolute atomic E-state index is 0.00624. The number of nitrogens with zero attached hydrogens (tertiary/aromatic N) is 2. The van der Waals surface area contributed by atoms with Crippen molar-refractivity contribution in [3.8, 4) is 0 Å². The Bertz CT molecular complexity index is 386. The van der Waals surface area contributed by atoms with E-state index in [-0.39, 0.29) is 5.78 Å². The van der Waals surface area contributed by atoms with Crippen LogP contribution >= 0.6 is 0 Å². The largest absolute Gasteiger partial charge is 0.297 e. The van der Waals surface area contributed by atoms with Gasteiger partial charge in [0, 0.05) is 31.8 Å². The predicted octanol–water partition coefficient (Wildman–Crippen LogP) is 3.09. The maximum absolute atomic E-state index is 11.1. The summed E-state index contributed by atoms with van der Waals surface area (Å²) in [5.74, 6) is 0.00624. The molecule has 0 unspecified atom stereocenters. The third-order valence-electron chi connectivity index (χ3n) is 2.49. The van der Waals surface area contributed by atoms with Crippen molar-refractivity contribution in [1.29, 1.82) is 0 Å². The summed E-state index contributed by atoms with van der Waals surface area (Å²) in [6.45, 7) is 4.60. The highest BCUT2D eigenvalue weighted by atomic mass is 16.1. The highest BCUT2D eigenvalue weighted by molar-refractivity contribution is 5.92. The van der Waals surface area contributed by atoms with Crippen LogP contribution in [-0.2, 0) is 6.42 Å². The average Bonchev–Trinajstić information content (AvgIpc) is 2.34. The molecule has 1 aromatic rings. The monoisotopic (exact) mass is 232 g/mol. The quantitative estimate of drug-likeness (QED) is 0.412. The fourth-order valence-electron chi connectivity index (χ4n) is 1.49. The molecule has 0 atom stereocenters. The van der Waals surface area contributed by atoms with Crippen LogP contribution in [0.25, 0.3) is 0 Å². The molecule has 0 saturated carbocycles. The molecule has 0 saturated heterocycles. The van der Waals surface area contributed by atoms with Crippen molar-refractivity contribution in [3.63, 3.8) is 0 Å². The van der Waals surface area contributed by atoms with Crippen LogP contribution in [-0.4, -0.2) is 23.5 Å². The van der Waals surface area contributed by atoms with Crippen LogP contribution in [0.15, 0.2) is 23.2 Å². The van der Waals surface area contributed by atoms with Crippen LogP contribution in [0.2, 0.25) is 0 Å². The van der Waals surface area contributed by atoms with E-state index in [9.17, 15) is 4.79 Å². The number of carbonyl (C=O) groups excluding carboxylic acids is 1. The molecule has 0 aromatic carbocycles. The zero-order valence-electron chi connectivity index (χ0n) is 10.6. The predicted molar refractivity (Wildman–Crippen MR) is 70.8 cm³/mol. The van der Waals surface area contributed by atoms with Crippen molar-refractivity contribution in [2.75, 3.05) is 6.54 Å². The second-order valence-electron chi connectivity index (χ2n) is 4.07. The van der Waals surface area contributed by atoms with Gasteiger partial charge in [0.2, 0.25) is 0 Å². The molecule has 92 valence electrons. The molecule has 0 fully saturated rings. The summed E-state index contributed by atoms with van der Waals surface area (Å²) in [5, 5.41) is 0. The minimum Gasteiger partial charge on any atom is -0.297 e. The number of hydrogen-bond acceptors (Lipinski definition) is 3. The Balaban J connectivity index is 2.41. The Kier molecular flexibility index (Phi) is 6.15. The Morgan fingerprint density at radius 3 is 2.94 bits per heavy atom. The molecular formula is C14H20N2O. The lowest BCUT2D eigenvalue weighted by Crippen LogP contribution is -2.00. The number of pyridine rings is 1. The first-order valence-electron chi connectivity index (χ1n) is 6.19. The Morgan fingerprint density at radius 1 is 1.41 bits per heavy atom. The molecule has 17 heavy (non-hydrogen) atoms. The number of aromatic nitrogens is 1. The molecule has 0 N–H and O–H groups in total. The van der Waals surface area contributed by atoms with Crippen molar-refractivity contribution >= 4 is 12.0 Å². The molecule has 0 aliphatic carbocycles. The van der Waals surface area contributed by atoms with Crippen LogP contribution in [0.4, 0.5) is 0 Å². The van der Waals surface area contributed by atoms with E-state index in [4.69, 9.17) is 0 Å². The van der Waals surface area contributed by atoms with Gasteiger partial charge in [0.15, 0.2) is 5.78 Å². The first kappa shape index (κ1) is 13.6. The molecule has 0 radical (unpaired) electrons. The van der Waals surface area contributed by atoms with Gasteiger partial charge >= 0.3 is 0 Å². The molecule has 1 heterocycles. The van der Waals surface area contributed by atoms with Gasteiger partial charge in [0.05, 0.1) is 0 Å². The van der Waals surface area contributed by atoms with Crippen LogP contribution in [0.3, 0.4) is 0 Å².